The van der Waals surface area contributed by atoms with Gasteiger partial charge in [0.15, 0.2) is 5.76 Å². The molecule has 0 saturated carbocycles. The third kappa shape index (κ3) is 2.73. The van der Waals surface area contributed by atoms with Crippen molar-refractivity contribution in [3.8, 4) is 0 Å². The summed E-state index contributed by atoms with van der Waals surface area (Å²) in [4.78, 5) is 23.3. The Morgan fingerprint density at radius 3 is 2.58 bits per heavy atom. The van der Waals surface area contributed by atoms with Crippen molar-refractivity contribution in [2.75, 3.05) is 7.11 Å². The fourth-order valence-corrected chi connectivity index (χ4v) is 1.90. The quantitative estimate of drug-likeness (QED) is 0.642. The van der Waals surface area contributed by atoms with Gasteiger partial charge in [0.25, 0.3) is 0 Å². The van der Waals surface area contributed by atoms with Gasteiger partial charge < -0.3 is 9.15 Å². The van der Waals surface area contributed by atoms with Crippen molar-refractivity contribution in [1.29, 1.82) is 0 Å². The summed E-state index contributed by atoms with van der Waals surface area (Å²) in [6, 6.07) is 6.40. The number of hydrogen-bond donors (Lipinski definition) is 0. The Morgan fingerprint density at radius 1 is 1.21 bits per heavy atom. The van der Waals surface area contributed by atoms with Crippen LogP contribution in [0.2, 0.25) is 0 Å². The standard InChI is InChI=1S/C13H8BrFO4/c1-18-13(17)11-5-4-10(19-11)12(16)8-6-7(15)2-3-9(8)14/h2-6H,1H3. The summed E-state index contributed by atoms with van der Waals surface area (Å²) in [5.41, 5.74) is 0.116. The Morgan fingerprint density at radius 2 is 1.89 bits per heavy atom. The van der Waals surface area contributed by atoms with E-state index in [4.69, 9.17) is 4.42 Å². The van der Waals surface area contributed by atoms with Crippen LogP contribution in [-0.2, 0) is 4.74 Å². The molecule has 98 valence electrons. The molecular formula is C13H8BrFO4. The lowest BCUT2D eigenvalue weighted by Crippen LogP contribution is -2.02. The minimum atomic E-state index is -0.683. The molecule has 0 spiro atoms. The average Bonchev–Trinajstić information content (AvgIpc) is 2.89. The van der Waals surface area contributed by atoms with Gasteiger partial charge in [-0.3, -0.25) is 4.79 Å². The molecule has 0 amide bonds. The van der Waals surface area contributed by atoms with Gasteiger partial charge in [0.2, 0.25) is 11.5 Å². The van der Waals surface area contributed by atoms with Crippen molar-refractivity contribution in [2.45, 2.75) is 0 Å². The summed E-state index contributed by atoms with van der Waals surface area (Å²) < 4.78 is 23.1. The molecule has 2 rings (SSSR count). The van der Waals surface area contributed by atoms with Crippen molar-refractivity contribution in [1.82, 2.24) is 0 Å². The highest BCUT2D eigenvalue weighted by Gasteiger charge is 2.19. The van der Waals surface area contributed by atoms with Gasteiger partial charge in [-0.25, -0.2) is 9.18 Å². The predicted octanol–water partition coefficient (Wildman–Crippen LogP) is 3.20. The maximum atomic E-state index is 13.1. The molecule has 0 radical (unpaired) electrons. The molecule has 0 aliphatic heterocycles. The zero-order valence-corrected chi connectivity index (χ0v) is 11.4. The number of esters is 1. The van der Waals surface area contributed by atoms with Gasteiger partial charge in [-0.15, -0.1) is 0 Å². The number of ether oxygens (including phenoxy) is 1. The van der Waals surface area contributed by atoms with Crippen LogP contribution in [0, 0.1) is 5.82 Å². The Hall–Kier alpha value is -1.95. The smallest absolute Gasteiger partial charge is 0.373 e. The summed E-state index contributed by atoms with van der Waals surface area (Å²) in [6.45, 7) is 0. The third-order valence-electron chi connectivity index (χ3n) is 2.39. The number of rotatable bonds is 3. The average molecular weight is 327 g/mol. The molecule has 1 heterocycles. The van der Waals surface area contributed by atoms with Crippen LogP contribution in [0.5, 0.6) is 0 Å². The molecule has 2 aromatic rings. The lowest BCUT2D eigenvalue weighted by molar-refractivity contribution is 0.0563. The molecule has 19 heavy (non-hydrogen) atoms. The molecular weight excluding hydrogens is 319 g/mol. The van der Waals surface area contributed by atoms with Crippen molar-refractivity contribution >= 4 is 27.7 Å². The first kappa shape index (κ1) is 13.5. The number of benzene rings is 1. The van der Waals surface area contributed by atoms with E-state index in [0.717, 1.165) is 6.07 Å². The van der Waals surface area contributed by atoms with Crippen molar-refractivity contribution in [2.24, 2.45) is 0 Å². The zero-order valence-electron chi connectivity index (χ0n) is 9.78. The van der Waals surface area contributed by atoms with Gasteiger partial charge in [-0.05, 0) is 30.3 Å². The number of furan rings is 1. The van der Waals surface area contributed by atoms with Crippen LogP contribution < -0.4 is 0 Å². The number of halogens is 2. The minimum Gasteiger partial charge on any atom is -0.463 e. The molecule has 1 aromatic carbocycles. The van der Waals surface area contributed by atoms with Gasteiger partial charge >= 0.3 is 5.97 Å². The van der Waals surface area contributed by atoms with Gasteiger partial charge in [-0.2, -0.15) is 0 Å². The van der Waals surface area contributed by atoms with Crippen molar-refractivity contribution in [3.05, 3.63) is 57.7 Å². The number of methoxy groups -OCH3 is 1. The molecule has 0 atom stereocenters. The van der Waals surface area contributed by atoms with E-state index < -0.39 is 17.6 Å². The fraction of sp³-hybridized carbons (Fsp3) is 0.0769. The lowest BCUT2D eigenvalue weighted by atomic mass is 10.1. The molecule has 0 unspecified atom stereocenters. The van der Waals surface area contributed by atoms with Gasteiger partial charge in [0, 0.05) is 10.0 Å². The van der Waals surface area contributed by atoms with Crippen LogP contribution in [0.1, 0.15) is 26.7 Å². The van der Waals surface area contributed by atoms with Crippen molar-refractivity contribution < 1.29 is 23.1 Å². The van der Waals surface area contributed by atoms with Gasteiger partial charge in [-0.1, -0.05) is 15.9 Å². The molecule has 0 fully saturated rings. The predicted molar refractivity (Wildman–Crippen MR) is 67.6 cm³/mol. The summed E-state index contributed by atoms with van der Waals surface area (Å²) in [7, 11) is 1.20. The number of ketones is 1. The van der Waals surface area contributed by atoms with E-state index in [0.29, 0.717) is 4.47 Å². The monoisotopic (exact) mass is 326 g/mol. The summed E-state index contributed by atoms with van der Waals surface area (Å²) in [5, 5.41) is 0. The van der Waals surface area contributed by atoms with E-state index in [1.807, 2.05) is 0 Å². The van der Waals surface area contributed by atoms with E-state index in [1.54, 1.807) is 0 Å². The number of carbonyl (C=O) groups excluding carboxylic acids is 2. The van der Waals surface area contributed by atoms with Gasteiger partial charge in [0.1, 0.15) is 5.82 Å². The molecule has 0 N–H and O–H groups in total. The Labute approximate surface area is 116 Å². The van der Waals surface area contributed by atoms with Crippen molar-refractivity contribution in [3.63, 3.8) is 0 Å². The third-order valence-corrected chi connectivity index (χ3v) is 3.08. The van der Waals surface area contributed by atoms with E-state index in [-0.39, 0.29) is 17.1 Å². The topological polar surface area (TPSA) is 56.5 Å². The largest absolute Gasteiger partial charge is 0.463 e. The molecule has 0 bridgehead atoms. The highest BCUT2D eigenvalue weighted by Crippen LogP contribution is 2.22. The van der Waals surface area contributed by atoms with Crippen LogP contribution in [0.3, 0.4) is 0 Å². The van der Waals surface area contributed by atoms with E-state index in [9.17, 15) is 14.0 Å². The molecule has 4 nitrogen and oxygen atoms in total. The van der Waals surface area contributed by atoms with E-state index in [1.165, 1.54) is 31.4 Å². The summed E-state index contributed by atoms with van der Waals surface area (Å²) in [5.74, 6) is -1.89. The Kier molecular flexibility index (Phi) is 3.80. The molecule has 1 aromatic heterocycles. The summed E-state index contributed by atoms with van der Waals surface area (Å²) in [6.07, 6.45) is 0. The normalized spacial score (nSPS) is 10.3. The SMILES string of the molecule is COC(=O)c1ccc(C(=O)c2cc(F)ccc2Br)o1. The Balaban J connectivity index is 2.36. The highest BCUT2D eigenvalue weighted by molar-refractivity contribution is 9.10. The second kappa shape index (κ2) is 5.36. The van der Waals surface area contributed by atoms with Gasteiger partial charge in [0.05, 0.1) is 7.11 Å². The maximum absolute atomic E-state index is 13.1. The van der Waals surface area contributed by atoms with Crippen LogP contribution in [0.25, 0.3) is 0 Å². The summed E-state index contributed by atoms with van der Waals surface area (Å²) >= 11 is 3.16. The highest BCUT2D eigenvalue weighted by atomic mass is 79.9. The Bertz CT molecular complexity index is 648. The molecule has 0 aliphatic rings. The number of hydrogen-bond acceptors (Lipinski definition) is 4. The van der Waals surface area contributed by atoms with E-state index >= 15 is 0 Å². The molecule has 0 aliphatic carbocycles. The second-order valence-corrected chi connectivity index (χ2v) is 4.46. The number of carbonyl (C=O) groups is 2. The van der Waals surface area contributed by atoms with Crippen LogP contribution in [0.4, 0.5) is 4.39 Å². The second-order valence-electron chi connectivity index (χ2n) is 3.61. The van der Waals surface area contributed by atoms with E-state index in [2.05, 4.69) is 20.7 Å². The first-order chi connectivity index (χ1) is 9.02. The molecule has 0 saturated heterocycles. The van der Waals surface area contributed by atoms with Crippen LogP contribution >= 0.6 is 15.9 Å². The first-order valence-corrected chi connectivity index (χ1v) is 6.00. The maximum Gasteiger partial charge on any atom is 0.373 e. The zero-order chi connectivity index (χ0) is 14.0. The molecule has 6 heteroatoms. The minimum absolute atomic E-state index is 0.0632. The van der Waals surface area contributed by atoms with Crippen LogP contribution in [0.15, 0.2) is 39.2 Å². The lowest BCUT2D eigenvalue weighted by Gasteiger charge is -2.01. The first-order valence-electron chi connectivity index (χ1n) is 5.21. The van der Waals surface area contributed by atoms with Crippen LogP contribution in [-0.4, -0.2) is 18.9 Å². The fourth-order valence-electron chi connectivity index (χ4n) is 1.47.